The number of benzene rings is 2. The van der Waals surface area contributed by atoms with Gasteiger partial charge in [-0.15, -0.1) is 16.8 Å². The van der Waals surface area contributed by atoms with Crippen molar-refractivity contribution in [2.45, 2.75) is 36.7 Å². The molecular weight excluding hydrogens is 434 g/mol. The number of allylic oxidation sites excluding steroid dienone is 1. The van der Waals surface area contributed by atoms with Crippen molar-refractivity contribution in [1.29, 1.82) is 0 Å². The van der Waals surface area contributed by atoms with E-state index in [0.29, 0.717) is 0 Å². The molecule has 0 atom stereocenters. The van der Waals surface area contributed by atoms with Crippen molar-refractivity contribution >= 4 is 27.7 Å². The van der Waals surface area contributed by atoms with E-state index in [1.807, 2.05) is 18.2 Å². The topological polar surface area (TPSA) is 39.9 Å². The smallest absolute Gasteiger partial charge is 0.191 e. The highest BCUT2D eigenvalue weighted by Gasteiger charge is 2.12. The Kier molecular flexibility index (Phi) is 7.74. The van der Waals surface area contributed by atoms with Gasteiger partial charge in [0.15, 0.2) is 5.16 Å². The lowest BCUT2D eigenvalue weighted by Gasteiger charge is -2.08. The number of aromatic nitrogens is 3. The summed E-state index contributed by atoms with van der Waals surface area (Å²) >= 11 is 5.19. The molecule has 0 aliphatic heterocycles. The largest absolute Gasteiger partial charge is 0.497 e. The maximum atomic E-state index is 5.21. The zero-order valence-electron chi connectivity index (χ0n) is 16.0. The van der Waals surface area contributed by atoms with Gasteiger partial charge in [0.25, 0.3) is 0 Å². The molecule has 28 heavy (non-hydrogen) atoms. The van der Waals surface area contributed by atoms with Crippen LogP contribution in [0.5, 0.6) is 5.75 Å². The van der Waals surface area contributed by atoms with Gasteiger partial charge in [-0.2, -0.15) is 0 Å². The van der Waals surface area contributed by atoms with Crippen molar-refractivity contribution in [2.24, 2.45) is 0 Å². The number of hydrogen-bond acceptors (Lipinski definition) is 4. The number of aryl methyl sites for hydroxylation is 2. The molecule has 4 nitrogen and oxygen atoms in total. The first kappa shape index (κ1) is 20.7. The summed E-state index contributed by atoms with van der Waals surface area (Å²) in [6, 6.07) is 16.6. The number of hydrogen-bond donors (Lipinski definition) is 0. The van der Waals surface area contributed by atoms with Gasteiger partial charge in [0.1, 0.15) is 11.6 Å². The molecule has 0 saturated heterocycles. The Morgan fingerprint density at radius 1 is 1.04 bits per heavy atom. The molecule has 3 rings (SSSR count). The van der Waals surface area contributed by atoms with E-state index in [1.165, 1.54) is 11.1 Å². The molecule has 1 aromatic heterocycles. The van der Waals surface area contributed by atoms with Gasteiger partial charge >= 0.3 is 0 Å². The zero-order valence-corrected chi connectivity index (χ0v) is 18.4. The predicted molar refractivity (Wildman–Crippen MR) is 119 cm³/mol. The Morgan fingerprint density at radius 2 is 1.75 bits per heavy atom. The number of rotatable bonds is 10. The summed E-state index contributed by atoms with van der Waals surface area (Å²) in [4.78, 5) is 0. The van der Waals surface area contributed by atoms with Gasteiger partial charge in [0.05, 0.1) is 7.11 Å². The van der Waals surface area contributed by atoms with Gasteiger partial charge in [-0.05, 0) is 48.2 Å². The first-order chi connectivity index (χ1) is 13.7. The van der Waals surface area contributed by atoms with Crippen molar-refractivity contribution in [3.63, 3.8) is 0 Å². The summed E-state index contributed by atoms with van der Waals surface area (Å²) < 4.78 is 8.48. The van der Waals surface area contributed by atoms with E-state index < -0.39 is 0 Å². The normalized spacial score (nSPS) is 10.8. The average molecular weight is 458 g/mol. The van der Waals surface area contributed by atoms with E-state index in [2.05, 4.69) is 73.7 Å². The van der Waals surface area contributed by atoms with Crippen LogP contribution < -0.4 is 4.74 Å². The van der Waals surface area contributed by atoms with Crippen LogP contribution in [0, 0.1) is 0 Å². The zero-order chi connectivity index (χ0) is 19.8. The van der Waals surface area contributed by atoms with Gasteiger partial charge in [-0.3, -0.25) is 0 Å². The lowest BCUT2D eigenvalue weighted by Crippen LogP contribution is -2.05. The third-order valence-corrected chi connectivity index (χ3v) is 5.98. The number of halogens is 1. The Labute approximate surface area is 179 Å². The molecule has 2 aromatic carbocycles. The quantitative estimate of drug-likeness (QED) is 0.289. The summed E-state index contributed by atoms with van der Waals surface area (Å²) in [6.45, 7) is 4.62. The fourth-order valence-electron chi connectivity index (χ4n) is 2.89. The summed E-state index contributed by atoms with van der Waals surface area (Å²) in [7, 11) is 1.69. The van der Waals surface area contributed by atoms with Gasteiger partial charge < -0.3 is 9.30 Å². The molecule has 1 heterocycles. The summed E-state index contributed by atoms with van der Waals surface area (Å²) in [6.07, 6.45) is 4.83. The standard InChI is InChI=1S/C22H24BrN3OS/c1-3-15-26-21(6-4-5-17-9-13-20(27-2)14-10-17)24-25-22(26)28-16-18-7-11-19(23)12-8-18/h3,7-14H,1,4-6,15-16H2,2H3. The first-order valence-electron chi connectivity index (χ1n) is 9.22. The van der Waals surface area contributed by atoms with Crippen LogP contribution in [0.2, 0.25) is 0 Å². The van der Waals surface area contributed by atoms with Crippen LogP contribution in [0.3, 0.4) is 0 Å². The SMILES string of the molecule is C=CCn1c(CCCc2ccc(OC)cc2)nnc1SCc1ccc(Br)cc1. The number of nitrogens with zero attached hydrogens (tertiary/aromatic N) is 3. The fourth-order valence-corrected chi connectivity index (χ4v) is 4.08. The fraction of sp³-hybridized carbons (Fsp3) is 0.273. The summed E-state index contributed by atoms with van der Waals surface area (Å²) in [5.41, 5.74) is 2.57. The van der Waals surface area contributed by atoms with Crippen LogP contribution in [-0.2, 0) is 25.1 Å². The van der Waals surface area contributed by atoms with E-state index in [9.17, 15) is 0 Å². The van der Waals surface area contributed by atoms with Crippen molar-refractivity contribution in [1.82, 2.24) is 14.8 Å². The third-order valence-electron chi connectivity index (χ3n) is 4.41. The van der Waals surface area contributed by atoms with Crippen LogP contribution in [0.25, 0.3) is 0 Å². The summed E-state index contributed by atoms with van der Waals surface area (Å²) in [5.74, 6) is 2.78. The minimum Gasteiger partial charge on any atom is -0.497 e. The van der Waals surface area contributed by atoms with Gasteiger partial charge in [-0.1, -0.05) is 58.0 Å². The second-order valence-electron chi connectivity index (χ2n) is 6.41. The second kappa shape index (κ2) is 10.5. The van der Waals surface area contributed by atoms with Crippen LogP contribution >= 0.6 is 27.7 Å². The average Bonchev–Trinajstić information content (AvgIpc) is 3.10. The maximum Gasteiger partial charge on any atom is 0.191 e. The number of thioether (sulfide) groups is 1. The molecule has 146 valence electrons. The lowest BCUT2D eigenvalue weighted by molar-refractivity contribution is 0.414. The van der Waals surface area contributed by atoms with Crippen LogP contribution in [0.4, 0.5) is 0 Å². The molecule has 0 aliphatic rings. The lowest BCUT2D eigenvalue weighted by atomic mass is 10.1. The van der Waals surface area contributed by atoms with E-state index in [1.54, 1.807) is 18.9 Å². The second-order valence-corrected chi connectivity index (χ2v) is 8.27. The van der Waals surface area contributed by atoms with Gasteiger partial charge in [0.2, 0.25) is 0 Å². The molecule has 0 spiro atoms. The molecular formula is C22H24BrN3OS. The molecule has 0 unspecified atom stereocenters. The number of ether oxygens (including phenoxy) is 1. The van der Waals surface area contributed by atoms with Crippen LogP contribution in [0.1, 0.15) is 23.4 Å². The first-order valence-corrected chi connectivity index (χ1v) is 11.0. The minimum atomic E-state index is 0.730. The van der Waals surface area contributed by atoms with Crippen LogP contribution in [-0.4, -0.2) is 21.9 Å². The van der Waals surface area contributed by atoms with Crippen molar-refractivity contribution < 1.29 is 4.74 Å². The van der Waals surface area contributed by atoms with Crippen molar-refractivity contribution in [3.05, 3.63) is 82.6 Å². The van der Waals surface area contributed by atoms with E-state index in [-0.39, 0.29) is 0 Å². The molecule has 0 saturated carbocycles. The predicted octanol–water partition coefficient (Wildman–Crippen LogP) is 5.70. The molecule has 0 amide bonds. The Morgan fingerprint density at radius 3 is 2.43 bits per heavy atom. The Balaban J connectivity index is 1.59. The van der Waals surface area contributed by atoms with E-state index in [4.69, 9.17) is 4.74 Å². The minimum absolute atomic E-state index is 0.730. The van der Waals surface area contributed by atoms with Gasteiger partial charge in [-0.25, -0.2) is 0 Å². The van der Waals surface area contributed by atoms with E-state index >= 15 is 0 Å². The molecule has 0 aliphatic carbocycles. The Hall–Kier alpha value is -2.05. The molecule has 0 fully saturated rings. The van der Waals surface area contributed by atoms with E-state index in [0.717, 1.165) is 52.8 Å². The highest BCUT2D eigenvalue weighted by Crippen LogP contribution is 2.24. The highest BCUT2D eigenvalue weighted by molar-refractivity contribution is 9.10. The number of methoxy groups -OCH3 is 1. The Bertz CT molecular complexity index is 891. The van der Waals surface area contributed by atoms with Crippen molar-refractivity contribution in [2.75, 3.05) is 7.11 Å². The molecule has 0 N–H and O–H groups in total. The van der Waals surface area contributed by atoms with Crippen molar-refractivity contribution in [3.8, 4) is 5.75 Å². The molecule has 0 bridgehead atoms. The summed E-state index contributed by atoms with van der Waals surface area (Å²) in [5, 5.41) is 9.80. The third kappa shape index (κ3) is 5.72. The molecule has 6 heteroatoms. The van der Waals surface area contributed by atoms with Gasteiger partial charge in [0, 0.05) is 23.2 Å². The molecule has 0 radical (unpaired) electrons. The molecule has 3 aromatic rings. The highest BCUT2D eigenvalue weighted by atomic mass is 79.9. The maximum absolute atomic E-state index is 5.21. The monoisotopic (exact) mass is 457 g/mol. The van der Waals surface area contributed by atoms with Crippen LogP contribution in [0.15, 0.2) is 70.8 Å².